The van der Waals surface area contributed by atoms with Gasteiger partial charge in [-0.2, -0.15) is 0 Å². The molecular formula is C16H26IN3O. The molecule has 1 aromatic rings. The molecule has 1 aromatic carbocycles. The van der Waals surface area contributed by atoms with E-state index < -0.39 is 0 Å². The van der Waals surface area contributed by atoms with Gasteiger partial charge < -0.3 is 15.8 Å². The highest BCUT2D eigenvalue weighted by atomic mass is 127. The largest absolute Gasteiger partial charge is 0.379 e. The van der Waals surface area contributed by atoms with Gasteiger partial charge in [-0.25, -0.2) is 0 Å². The van der Waals surface area contributed by atoms with Crippen LogP contribution in [0.3, 0.4) is 0 Å². The van der Waals surface area contributed by atoms with E-state index >= 15 is 0 Å². The van der Waals surface area contributed by atoms with Crippen LogP contribution in [0.25, 0.3) is 0 Å². The van der Waals surface area contributed by atoms with Gasteiger partial charge in [0.2, 0.25) is 0 Å². The van der Waals surface area contributed by atoms with Crippen LogP contribution >= 0.6 is 24.0 Å². The summed E-state index contributed by atoms with van der Waals surface area (Å²) in [6.07, 6.45) is 2.69. The molecule has 0 saturated heterocycles. The van der Waals surface area contributed by atoms with E-state index in [1.165, 1.54) is 5.56 Å². The zero-order chi connectivity index (χ0) is 14.8. The summed E-state index contributed by atoms with van der Waals surface area (Å²) in [6, 6.07) is 8.20. The summed E-state index contributed by atoms with van der Waals surface area (Å²) in [5.41, 5.74) is 8.08. The van der Waals surface area contributed by atoms with E-state index in [9.17, 15) is 0 Å². The number of benzene rings is 1. The first-order valence-corrected chi connectivity index (χ1v) is 6.99. The molecule has 118 valence electrons. The highest BCUT2D eigenvalue weighted by Gasteiger charge is 2.00. The lowest BCUT2D eigenvalue weighted by molar-refractivity contribution is 0.146. The Balaban J connectivity index is 0.00000400. The van der Waals surface area contributed by atoms with Gasteiger partial charge >= 0.3 is 0 Å². The lowest BCUT2D eigenvalue weighted by atomic mass is 10.0. The molecule has 0 aliphatic rings. The molecule has 0 bridgehead atoms. The number of ether oxygens (including phenoxy) is 1. The molecule has 0 spiro atoms. The van der Waals surface area contributed by atoms with Crippen LogP contribution in [0.2, 0.25) is 0 Å². The second-order valence-electron chi connectivity index (χ2n) is 4.86. The molecule has 0 saturated carbocycles. The first-order chi connectivity index (χ1) is 9.63. The van der Waals surface area contributed by atoms with Crippen LogP contribution in [-0.4, -0.2) is 25.7 Å². The molecule has 0 aliphatic heterocycles. The van der Waals surface area contributed by atoms with Crippen LogP contribution in [0.15, 0.2) is 41.9 Å². The highest BCUT2D eigenvalue weighted by Crippen LogP contribution is 2.18. The third kappa shape index (κ3) is 8.72. The normalized spacial score (nSPS) is 11.1. The molecule has 0 aromatic heterocycles. The number of rotatable bonds is 8. The number of nitrogens with zero attached hydrogens (tertiary/aromatic N) is 1. The fraction of sp³-hybridized carbons (Fsp3) is 0.438. The summed E-state index contributed by atoms with van der Waals surface area (Å²) in [4.78, 5) is 4.22. The van der Waals surface area contributed by atoms with E-state index in [2.05, 4.69) is 42.9 Å². The summed E-state index contributed by atoms with van der Waals surface area (Å²) in [7, 11) is 0. The standard InChI is InChI=1S/C16H25N3O.HI/c1-4-5-10-20-11-9-18-16(17)19-15-8-6-7-14(12-15)13(2)3;/h4,6-8,12-13H,1,5,9-11H2,2-3H3,(H3,17,18,19);1H. The smallest absolute Gasteiger partial charge is 0.193 e. The molecule has 0 aliphatic carbocycles. The van der Waals surface area contributed by atoms with Gasteiger partial charge in [0.25, 0.3) is 0 Å². The molecule has 0 fully saturated rings. The average molecular weight is 403 g/mol. The van der Waals surface area contributed by atoms with E-state index in [-0.39, 0.29) is 24.0 Å². The number of aliphatic imine (C=N–C) groups is 1. The number of hydrogen-bond donors (Lipinski definition) is 2. The van der Waals surface area contributed by atoms with Crippen molar-refractivity contribution in [2.45, 2.75) is 26.2 Å². The third-order valence-electron chi connectivity index (χ3n) is 2.81. The van der Waals surface area contributed by atoms with Crippen molar-refractivity contribution in [3.05, 3.63) is 42.5 Å². The molecule has 21 heavy (non-hydrogen) atoms. The Hall–Kier alpha value is -1.08. The second kappa shape index (κ2) is 11.6. The lowest BCUT2D eigenvalue weighted by Crippen LogP contribution is -2.23. The second-order valence-corrected chi connectivity index (χ2v) is 4.86. The molecule has 0 radical (unpaired) electrons. The molecule has 0 atom stereocenters. The summed E-state index contributed by atoms with van der Waals surface area (Å²) in [5.74, 6) is 0.909. The van der Waals surface area contributed by atoms with Gasteiger partial charge in [-0.05, 0) is 30.0 Å². The minimum atomic E-state index is 0. The maximum absolute atomic E-state index is 5.84. The Bertz CT molecular complexity index is 447. The summed E-state index contributed by atoms with van der Waals surface area (Å²) >= 11 is 0. The van der Waals surface area contributed by atoms with E-state index in [1.54, 1.807) is 0 Å². The molecular weight excluding hydrogens is 377 g/mol. The molecule has 3 N–H and O–H groups in total. The van der Waals surface area contributed by atoms with E-state index in [0.29, 0.717) is 31.6 Å². The molecule has 0 unspecified atom stereocenters. The van der Waals surface area contributed by atoms with Crippen molar-refractivity contribution < 1.29 is 4.74 Å². The van der Waals surface area contributed by atoms with Crippen LogP contribution < -0.4 is 11.1 Å². The molecule has 4 nitrogen and oxygen atoms in total. The monoisotopic (exact) mass is 403 g/mol. The van der Waals surface area contributed by atoms with Crippen molar-refractivity contribution in [1.29, 1.82) is 0 Å². The zero-order valence-electron chi connectivity index (χ0n) is 12.8. The number of hydrogen-bond acceptors (Lipinski definition) is 2. The first-order valence-electron chi connectivity index (χ1n) is 6.99. The van der Waals surface area contributed by atoms with E-state index in [4.69, 9.17) is 10.5 Å². The number of guanidine groups is 1. The van der Waals surface area contributed by atoms with Crippen molar-refractivity contribution in [2.75, 3.05) is 25.1 Å². The number of nitrogens with one attached hydrogen (secondary N) is 1. The maximum atomic E-state index is 5.84. The Kier molecular flexibility index (Phi) is 11.0. The van der Waals surface area contributed by atoms with Crippen LogP contribution in [0.1, 0.15) is 31.7 Å². The van der Waals surface area contributed by atoms with Crippen molar-refractivity contribution in [2.24, 2.45) is 10.7 Å². The van der Waals surface area contributed by atoms with Crippen LogP contribution in [0, 0.1) is 0 Å². The fourth-order valence-corrected chi connectivity index (χ4v) is 1.66. The molecule has 5 heteroatoms. The van der Waals surface area contributed by atoms with Gasteiger partial charge in [0.15, 0.2) is 5.96 Å². The number of anilines is 1. The fourth-order valence-electron chi connectivity index (χ4n) is 1.66. The summed E-state index contributed by atoms with van der Waals surface area (Å²) < 4.78 is 5.36. The predicted octanol–water partition coefficient (Wildman–Crippen LogP) is 3.75. The quantitative estimate of drug-likeness (QED) is 0.229. The molecule has 0 heterocycles. The third-order valence-corrected chi connectivity index (χ3v) is 2.81. The SMILES string of the molecule is C=CCCOCCN=C(N)Nc1cccc(C(C)C)c1.I. The maximum Gasteiger partial charge on any atom is 0.193 e. The topological polar surface area (TPSA) is 59.6 Å². The first kappa shape index (κ1) is 19.9. The Labute approximate surface area is 144 Å². The van der Waals surface area contributed by atoms with Crippen LogP contribution in [-0.2, 0) is 4.74 Å². The minimum Gasteiger partial charge on any atom is -0.379 e. The van der Waals surface area contributed by atoms with E-state index in [0.717, 1.165) is 12.1 Å². The van der Waals surface area contributed by atoms with Crippen LogP contribution in [0.5, 0.6) is 0 Å². The summed E-state index contributed by atoms with van der Waals surface area (Å²) in [6.45, 7) is 9.77. The van der Waals surface area contributed by atoms with Crippen molar-refractivity contribution in [1.82, 2.24) is 0 Å². The van der Waals surface area contributed by atoms with Gasteiger partial charge in [0, 0.05) is 5.69 Å². The highest BCUT2D eigenvalue weighted by molar-refractivity contribution is 14.0. The Morgan fingerprint density at radius 1 is 1.43 bits per heavy atom. The van der Waals surface area contributed by atoms with Crippen molar-refractivity contribution in [3.8, 4) is 0 Å². The number of nitrogens with two attached hydrogens (primary N) is 1. The van der Waals surface area contributed by atoms with Crippen LogP contribution in [0.4, 0.5) is 5.69 Å². The Morgan fingerprint density at radius 3 is 2.86 bits per heavy atom. The van der Waals surface area contributed by atoms with Gasteiger partial charge in [0.05, 0.1) is 19.8 Å². The summed E-state index contributed by atoms with van der Waals surface area (Å²) in [5, 5.41) is 3.10. The molecule has 0 amide bonds. The minimum absolute atomic E-state index is 0. The van der Waals surface area contributed by atoms with Gasteiger partial charge in [-0.1, -0.05) is 32.1 Å². The van der Waals surface area contributed by atoms with Gasteiger partial charge in [-0.3, -0.25) is 4.99 Å². The van der Waals surface area contributed by atoms with Gasteiger partial charge in [0.1, 0.15) is 0 Å². The Morgan fingerprint density at radius 2 is 2.19 bits per heavy atom. The van der Waals surface area contributed by atoms with E-state index in [1.807, 2.05) is 18.2 Å². The predicted molar refractivity (Wildman–Crippen MR) is 102 cm³/mol. The number of halogens is 1. The zero-order valence-corrected chi connectivity index (χ0v) is 15.2. The average Bonchev–Trinajstić information content (AvgIpc) is 2.43. The van der Waals surface area contributed by atoms with Crippen molar-refractivity contribution >= 4 is 35.6 Å². The van der Waals surface area contributed by atoms with Crippen molar-refractivity contribution in [3.63, 3.8) is 0 Å². The molecule has 1 rings (SSSR count). The van der Waals surface area contributed by atoms with Gasteiger partial charge in [-0.15, -0.1) is 30.6 Å². The lowest BCUT2D eigenvalue weighted by Gasteiger charge is -2.10.